The Morgan fingerprint density at radius 2 is 2.00 bits per heavy atom. The molecule has 2 amide bonds. The molecule has 0 aromatic heterocycles. The molecule has 0 saturated carbocycles. The molecule has 0 aliphatic heterocycles. The van der Waals surface area contributed by atoms with E-state index in [2.05, 4.69) is 22.8 Å². The quantitative estimate of drug-likeness (QED) is 0.809. The van der Waals surface area contributed by atoms with Crippen LogP contribution in [0.4, 0.5) is 5.69 Å². The second-order valence-corrected chi connectivity index (χ2v) is 5.12. The number of rotatable bonds is 5. The normalized spacial score (nSPS) is 16.9. The van der Waals surface area contributed by atoms with Crippen LogP contribution in [0.2, 0.25) is 0 Å². The van der Waals surface area contributed by atoms with Crippen molar-refractivity contribution in [2.75, 3.05) is 5.32 Å². The second-order valence-electron chi connectivity index (χ2n) is 5.12. The van der Waals surface area contributed by atoms with E-state index in [9.17, 15) is 9.59 Å². The number of hydrogen-bond donors (Lipinski definition) is 2. The average Bonchev–Trinajstić information content (AvgIpc) is 2.90. The molecule has 1 aliphatic rings. The van der Waals surface area contributed by atoms with E-state index >= 15 is 0 Å². The van der Waals surface area contributed by atoms with Crippen molar-refractivity contribution in [3.8, 4) is 0 Å². The molecule has 1 aromatic rings. The molecule has 0 saturated heterocycles. The van der Waals surface area contributed by atoms with Gasteiger partial charge in [-0.25, -0.2) is 0 Å². The zero-order chi connectivity index (χ0) is 14.4. The Morgan fingerprint density at radius 3 is 2.60 bits per heavy atom. The van der Waals surface area contributed by atoms with Gasteiger partial charge < -0.3 is 10.6 Å². The van der Waals surface area contributed by atoms with E-state index in [1.54, 1.807) is 0 Å². The van der Waals surface area contributed by atoms with E-state index in [-0.39, 0.29) is 11.8 Å². The molecule has 106 valence electrons. The van der Waals surface area contributed by atoms with Gasteiger partial charge in [0.1, 0.15) is 0 Å². The van der Waals surface area contributed by atoms with Gasteiger partial charge in [-0.05, 0) is 36.5 Å². The first kappa shape index (κ1) is 14.3. The molecule has 1 aliphatic carbocycles. The van der Waals surface area contributed by atoms with Crippen molar-refractivity contribution in [1.82, 2.24) is 5.32 Å². The summed E-state index contributed by atoms with van der Waals surface area (Å²) < 4.78 is 0. The molecule has 4 heteroatoms. The van der Waals surface area contributed by atoms with Crippen LogP contribution < -0.4 is 10.6 Å². The lowest BCUT2D eigenvalue weighted by Gasteiger charge is -2.09. The average molecular weight is 272 g/mol. The fourth-order valence-corrected chi connectivity index (χ4v) is 2.29. The summed E-state index contributed by atoms with van der Waals surface area (Å²) >= 11 is 0. The lowest BCUT2D eigenvalue weighted by atomic mass is 10.1. The van der Waals surface area contributed by atoms with Crippen molar-refractivity contribution in [2.45, 2.75) is 32.7 Å². The van der Waals surface area contributed by atoms with Crippen LogP contribution in [0, 0.1) is 5.92 Å². The van der Waals surface area contributed by atoms with Crippen LogP contribution in [0.15, 0.2) is 36.4 Å². The van der Waals surface area contributed by atoms with Gasteiger partial charge in [0.15, 0.2) is 0 Å². The van der Waals surface area contributed by atoms with Gasteiger partial charge in [-0.3, -0.25) is 9.59 Å². The van der Waals surface area contributed by atoms with Gasteiger partial charge in [-0.15, -0.1) is 0 Å². The van der Waals surface area contributed by atoms with Crippen molar-refractivity contribution in [1.29, 1.82) is 0 Å². The number of benzene rings is 1. The van der Waals surface area contributed by atoms with Crippen LogP contribution >= 0.6 is 0 Å². The highest BCUT2D eigenvalue weighted by Gasteiger charge is 2.13. The summed E-state index contributed by atoms with van der Waals surface area (Å²) in [6, 6.07) is 7.48. The maximum absolute atomic E-state index is 11.8. The Morgan fingerprint density at radius 1 is 1.25 bits per heavy atom. The number of anilines is 1. The van der Waals surface area contributed by atoms with Crippen molar-refractivity contribution in [2.24, 2.45) is 5.92 Å². The molecule has 1 aromatic carbocycles. The molecule has 2 rings (SSSR count). The maximum Gasteiger partial charge on any atom is 0.221 e. The van der Waals surface area contributed by atoms with Gasteiger partial charge >= 0.3 is 0 Å². The fourth-order valence-electron chi connectivity index (χ4n) is 2.29. The Balaban J connectivity index is 1.76. The molecule has 0 spiro atoms. The van der Waals surface area contributed by atoms with E-state index < -0.39 is 0 Å². The summed E-state index contributed by atoms with van der Waals surface area (Å²) in [6.07, 6.45) is 7.00. The molecule has 0 fully saturated rings. The van der Waals surface area contributed by atoms with Gasteiger partial charge in [-0.1, -0.05) is 24.3 Å². The summed E-state index contributed by atoms with van der Waals surface area (Å²) in [5.74, 6) is 0.403. The summed E-state index contributed by atoms with van der Waals surface area (Å²) in [4.78, 5) is 22.7. The van der Waals surface area contributed by atoms with Gasteiger partial charge in [0.25, 0.3) is 0 Å². The maximum atomic E-state index is 11.8. The molecule has 20 heavy (non-hydrogen) atoms. The molecule has 2 N–H and O–H groups in total. The predicted molar refractivity (Wildman–Crippen MR) is 79.1 cm³/mol. The Bertz CT molecular complexity index is 506. The minimum atomic E-state index is -0.0873. The van der Waals surface area contributed by atoms with Crippen molar-refractivity contribution in [3.05, 3.63) is 42.0 Å². The van der Waals surface area contributed by atoms with Crippen LogP contribution in [0.3, 0.4) is 0 Å². The molecule has 0 radical (unpaired) electrons. The summed E-state index contributed by atoms with van der Waals surface area (Å²) in [5, 5.41) is 5.64. The third kappa shape index (κ3) is 4.53. The van der Waals surface area contributed by atoms with Gasteiger partial charge in [0.2, 0.25) is 11.8 Å². The summed E-state index contributed by atoms with van der Waals surface area (Å²) in [7, 11) is 0. The lowest BCUT2D eigenvalue weighted by molar-refractivity contribution is -0.121. The first-order chi connectivity index (χ1) is 9.63. The van der Waals surface area contributed by atoms with Crippen LogP contribution in [-0.2, 0) is 16.1 Å². The van der Waals surface area contributed by atoms with Crippen LogP contribution in [-0.4, -0.2) is 11.8 Å². The Hall–Kier alpha value is -2.10. The molecule has 4 nitrogen and oxygen atoms in total. The van der Waals surface area contributed by atoms with Crippen LogP contribution in [0.25, 0.3) is 0 Å². The molecule has 1 atom stereocenters. The highest BCUT2D eigenvalue weighted by molar-refractivity contribution is 5.88. The fraction of sp³-hybridized carbons (Fsp3) is 0.375. The summed E-state index contributed by atoms with van der Waals surface area (Å²) in [5.41, 5.74) is 1.79. The van der Waals surface area contributed by atoms with E-state index in [1.807, 2.05) is 24.3 Å². The number of carbonyl (C=O) groups excluding carboxylic acids is 2. The third-order valence-electron chi connectivity index (χ3n) is 3.32. The van der Waals surface area contributed by atoms with Gasteiger partial charge in [-0.2, -0.15) is 0 Å². The minimum absolute atomic E-state index is 0.0873. The zero-order valence-corrected chi connectivity index (χ0v) is 11.7. The number of carbonyl (C=O) groups is 2. The van der Waals surface area contributed by atoms with E-state index in [4.69, 9.17) is 0 Å². The zero-order valence-electron chi connectivity index (χ0n) is 11.7. The SMILES string of the molecule is CC(=O)Nc1ccc(CNC(=O)C[C@@H]2C=CCC2)cc1. The number of hydrogen-bond acceptors (Lipinski definition) is 2. The van der Waals surface area contributed by atoms with Crippen molar-refractivity contribution >= 4 is 17.5 Å². The monoisotopic (exact) mass is 272 g/mol. The van der Waals surface area contributed by atoms with Gasteiger partial charge in [0.05, 0.1) is 0 Å². The largest absolute Gasteiger partial charge is 0.352 e. The van der Waals surface area contributed by atoms with Crippen LogP contribution in [0.5, 0.6) is 0 Å². The number of allylic oxidation sites excluding steroid dienone is 2. The number of amides is 2. The minimum Gasteiger partial charge on any atom is -0.352 e. The summed E-state index contributed by atoms with van der Waals surface area (Å²) in [6.45, 7) is 2.00. The van der Waals surface area contributed by atoms with E-state index in [0.29, 0.717) is 18.9 Å². The van der Waals surface area contributed by atoms with E-state index in [1.165, 1.54) is 6.92 Å². The second kappa shape index (κ2) is 6.89. The Labute approximate surface area is 119 Å². The highest BCUT2D eigenvalue weighted by Crippen LogP contribution is 2.20. The number of nitrogens with one attached hydrogen (secondary N) is 2. The molecule has 0 heterocycles. The van der Waals surface area contributed by atoms with Gasteiger partial charge in [0, 0.05) is 25.6 Å². The van der Waals surface area contributed by atoms with Crippen molar-refractivity contribution in [3.63, 3.8) is 0 Å². The lowest BCUT2D eigenvalue weighted by Crippen LogP contribution is -2.24. The molecule has 0 unspecified atom stereocenters. The Kier molecular flexibility index (Phi) is 4.93. The molecular formula is C16H20N2O2. The smallest absolute Gasteiger partial charge is 0.221 e. The molecular weight excluding hydrogens is 252 g/mol. The predicted octanol–water partition coefficient (Wildman–Crippen LogP) is 2.62. The third-order valence-corrected chi connectivity index (χ3v) is 3.32. The standard InChI is InChI=1S/C16H20N2O2/c1-12(19)18-15-8-6-14(7-9-15)11-17-16(20)10-13-4-2-3-5-13/h2,4,6-9,13H,3,5,10-11H2,1H3,(H,17,20)(H,18,19)/t13-/m1/s1. The first-order valence-corrected chi connectivity index (χ1v) is 6.93. The van der Waals surface area contributed by atoms with E-state index in [0.717, 1.165) is 24.1 Å². The molecule has 0 bridgehead atoms. The topological polar surface area (TPSA) is 58.2 Å². The highest BCUT2D eigenvalue weighted by atomic mass is 16.2. The van der Waals surface area contributed by atoms with Crippen molar-refractivity contribution < 1.29 is 9.59 Å². The van der Waals surface area contributed by atoms with Crippen LogP contribution in [0.1, 0.15) is 31.7 Å². The first-order valence-electron chi connectivity index (χ1n) is 6.93.